The van der Waals surface area contributed by atoms with Gasteiger partial charge in [0.15, 0.2) is 0 Å². The first-order chi connectivity index (χ1) is 19.4. The van der Waals surface area contributed by atoms with Crippen molar-refractivity contribution < 1.29 is 45.6 Å². The molecule has 40 heavy (non-hydrogen) atoms. The zero-order chi connectivity index (χ0) is 30.0. The highest BCUT2D eigenvalue weighted by molar-refractivity contribution is 6.61. The summed E-state index contributed by atoms with van der Waals surface area (Å²) >= 11 is 0. The maximum Gasteiger partial charge on any atom is 0.500 e. The molecule has 12 heteroatoms. The average molecular weight is 611 g/mol. The first kappa shape index (κ1) is 39.1. The van der Waals surface area contributed by atoms with Crippen molar-refractivity contribution in [2.75, 3.05) is 52.9 Å². The molecule has 0 saturated carbocycles. The molecule has 0 fully saturated rings. The predicted octanol–water partition coefficient (Wildman–Crippen LogP) is 6.07. The lowest BCUT2D eigenvalue weighted by atomic mass is 10.2. The van der Waals surface area contributed by atoms with Gasteiger partial charge in [-0.25, -0.2) is 0 Å². The molecule has 0 heterocycles. The fourth-order valence-corrected chi connectivity index (χ4v) is 9.69. The lowest BCUT2D eigenvalue weighted by Crippen LogP contribution is -2.45. The maximum atomic E-state index is 12.0. The van der Waals surface area contributed by atoms with Crippen LogP contribution in [-0.4, -0.2) is 82.4 Å². The van der Waals surface area contributed by atoms with Gasteiger partial charge in [-0.3, -0.25) is 9.59 Å². The summed E-state index contributed by atoms with van der Waals surface area (Å²) in [4.78, 5) is 23.9. The first-order valence-electron chi connectivity index (χ1n) is 15.5. The molecule has 0 aromatic carbocycles. The second-order valence-electron chi connectivity index (χ2n) is 9.23. The van der Waals surface area contributed by atoms with Crippen LogP contribution in [0.3, 0.4) is 0 Å². The number of rotatable bonds is 29. The standard InChI is InChI=1S/C28H58O10Si2/c1-7-33-39(34-8-2,35-9-3)25-19-15-13-17-23-31-27(29)21-22-28(30)32-24-18-14-16-20-26-40(36-10-4,37-11-5)38-12-6/h7-26H2,1-6H3. The summed E-state index contributed by atoms with van der Waals surface area (Å²) in [5, 5.41) is 0. The molecule has 0 atom stereocenters. The van der Waals surface area contributed by atoms with Crippen LogP contribution in [0.2, 0.25) is 12.1 Å². The van der Waals surface area contributed by atoms with Gasteiger partial charge in [0, 0.05) is 51.7 Å². The Morgan fingerprint density at radius 2 is 0.700 bits per heavy atom. The Balaban J connectivity index is 3.89. The SMILES string of the molecule is CCO[Si](CCCCCCOC(=O)CCC(=O)OCCCCCC[Si](OCC)(OCC)OCC)(OCC)OCC. The van der Waals surface area contributed by atoms with E-state index in [9.17, 15) is 9.59 Å². The van der Waals surface area contributed by atoms with Crippen LogP contribution in [0.4, 0.5) is 0 Å². The van der Waals surface area contributed by atoms with Crippen LogP contribution in [0.25, 0.3) is 0 Å². The summed E-state index contributed by atoms with van der Waals surface area (Å²) in [5.74, 6) is -0.726. The van der Waals surface area contributed by atoms with Crippen LogP contribution in [0.15, 0.2) is 0 Å². The molecule has 0 aromatic heterocycles. The minimum absolute atomic E-state index is 0.0447. The Bertz CT molecular complexity index is 538. The molecule has 0 spiro atoms. The monoisotopic (exact) mass is 610 g/mol. The Morgan fingerprint density at radius 3 is 0.975 bits per heavy atom. The lowest BCUT2D eigenvalue weighted by Gasteiger charge is -2.28. The first-order valence-corrected chi connectivity index (χ1v) is 19.4. The quantitative estimate of drug-likeness (QED) is 0.0562. The van der Waals surface area contributed by atoms with Gasteiger partial charge in [-0.2, -0.15) is 0 Å². The molecule has 0 aromatic rings. The topological polar surface area (TPSA) is 108 Å². The van der Waals surface area contributed by atoms with E-state index in [4.69, 9.17) is 36.0 Å². The van der Waals surface area contributed by atoms with Crippen molar-refractivity contribution in [2.24, 2.45) is 0 Å². The third-order valence-corrected chi connectivity index (χ3v) is 12.3. The van der Waals surface area contributed by atoms with E-state index in [1.165, 1.54) is 0 Å². The third-order valence-electron chi connectivity index (χ3n) is 6.00. The van der Waals surface area contributed by atoms with Crippen molar-refractivity contribution in [3.05, 3.63) is 0 Å². The van der Waals surface area contributed by atoms with Crippen molar-refractivity contribution in [1.29, 1.82) is 0 Å². The van der Waals surface area contributed by atoms with E-state index in [1.54, 1.807) is 0 Å². The van der Waals surface area contributed by atoms with E-state index in [1.807, 2.05) is 41.5 Å². The Kier molecular flexibility index (Phi) is 25.3. The number of hydrogen-bond acceptors (Lipinski definition) is 10. The average Bonchev–Trinajstić information content (AvgIpc) is 2.92. The molecule has 0 rings (SSSR count). The molecule has 10 nitrogen and oxygen atoms in total. The molecule has 0 aliphatic heterocycles. The van der Waals surface area contributed by atoms with Crippen molar-refractivity contribution >= 4 is 29.5 Å². The molecule has 238 valence electrons. The van der Waals surface area contributed by atoms with Crippen molar-refractivity contribution in [3.63, 3.8) is 0 Å². The van der Waals surface area contributed by atoms with Crippen LogP contribution in [0.5, 0.6) is 0 Å². The van der Waals surface area contributed by atoms with Gasteiger partial charge in [-0.05, 0) is 67.2 Å². The summed E-state index contributed by atoms with van der Waals surface area (Å²) in [7, 11) is -5.16. The number of carbonyl (C=O) groups excluding carboxylic acids is 2. The highest BCUT2D eigenvalue weighted by Crippen LogP contribution is 2.21. The van der Waals surface area contributed by atoms with E-state index in [0.717, 1.165) is 63.5 Å². The molecule has 0 bridgehead atoms. The lowest BCUT2D eigenvalue weighted by molar-refractivity contribution is -0.150. The van der Waals surface area contributed by atoms with Crippen molar-refractivity contribution in [1.82, 2.24) is 0 Å². The molecular formula is C28H58O10Si2. The maximum absolute atomic E-state index is 12.0. The van der Waals surface area contributed by atoms with Crippen LogP contribution in [0, 0.1) is 0 Å². The van der Waals surface area contributed by atoms with E-state index in [-0.39, 0.29) is 24.8 Å². The smallest absolute Gasteiger partial charge is 0.466 e. The Morgan fingerprint density at radius 1 is 0.425 bits per heavy atom. The number of carbonyl (C=O) groups is 2. The number of unbranched alkanes of at least 4 members (excludes halogenated alkanes) is 6. The van der Waals surface area contributed by atoms with Gasteiger partial charge in [0.25, 0.3) is 0 Å². The van der Waals surface area contributed by atoms with Gasteiger partial charge in [0.2, 0.25) is 0 Å². The highest BCUT2D eigenvalue weighted by atomic mass is 28.4. The fourth-order valence-electron chi connectivity index (χ4n) is 4.32. The van der Waals surface area contributed by atoms with Gasteiger partial charge < -0.3 is 36.0 Å². The highest BCUT2D eigenvalue weighted by Gasteiger charge is 2.40. The molecular weight excluding hydrogens is 552 g/mol. The van der Waals surface area contributed by atoms with Crippen LogP contribution in [-0.2, 0) is 45.6 Å². The van der Waals surface area contributed by atoms with E-state index in [0.29, 0.717) is 52.9 Å². The number of ether oxygens (including phenoxy) is 2. The van der Waals surface area contributed by atoms with E-state index in [2.05, 4.69) is 0 Å². The molecule has 0 saturated heterocycles. The molecule has 0 aliphatic rings. The summed E-state index contributed by atoms with van der Waals surface area (Å²) < 4.78 is 45.8. The Hall–Kier alpha value is -0.866. The Labute approximate surface area is 245 Å². The molecule has 0 radical (unpaired) electrons. The van der Waals surface area contributed by atoms with E-state index < -0.39 is 17.6 Å². The van der Waals surface area contributed by atoms with Gasteiger partial charge in [-0.1, -0.05) is 25.7 Å². The molecule has 0 amide bonds. The number of hydrogen-bond donors (Lipinski definition) is 0. The summed E-state index contributed by atoms with van der Waals surface area (Å²) in [6.07, 6.45) is 7.40. The second kappa shape index (κ2) is 25.8. The van der Waals surface area contributed by atoms with Crippen LogP contribution < -0.4 is 0 Å². The van der Waals surface area contributed by atoms with Gasteiger partial charge in [-0.15, -0.1) is 0 Å². The van der Waals surface area contributed by atoms with Gasteiger partial charge in [0.05, 0.1) is 26.1 Å². The van der Waals surface area contributed by atoms with Crippen LogP contribution in [0.1, 0.15) is 106 Å². The van der Waals surface area contributed by atoms with Crippen molar-refractivity contribution in [2.45, 2.75) is 118 Å². The van der Waals surface area contributed by atoms with Crippen LogP contribution >= 0.6 is 0 Å². The third kappa shape index (κ3) is 19.3. The fraction of sp³-hybridized carbons (Fsp3) is 0.929. The molecule has 0 aliphatic carbocycles. The zero-order valence-electron chi connectivity index (χ0n) is 26.2. The van der Waals surface area contributed by atoms with Gasteiger partial charge >= 0.3 is 29.5 Å². The molecule has 0 N–H and O–H groups in total. The summed E-state index contributed by atoms with van der Waals surface area (Å²) in [6.45, 7) is 16.0. The largest absolute Gasteiger partial charge is 0.500 e. The normalized spacial score (nSPS) is 12.1. The zero-order valence-corrected chi connectivity index (χ0v) is 28.2. The minimum Gasteiger partial charge on any atom is -0.466 e. The molecule has 0 unspecified atom stereocenters. The number of esters is 2. The summed E-state index contributed by atoms with van der Waals surface area (Å²) in [5.41, 5.74) is 0. The second-order valence-corrected chi connectivity index (χ2v) is 14.7. The predicted molar refractivity (Wildman–Crippen MR) is 159 cm³/mol. The van der Waals surface area contributed by atoms with Gasteiger partial charge in [0.1, 0.15) is 0 Å². The van der Waals surface area contributed by atoms with Crippen molar-refractivity contribution in [3.8, 4) is 0 Å². The van der Waals surface area contributed by atoms with E-state index >= 15 is 0 Å². The summed E-state index contributed by atoms with van der Waals surface area (Å²) in [6, 6.07) is 1.59. The minimum atomic E-state index is -2.58.